The SMILES string of the molecule is COC1=CC(N2C(=N)C(c3nc4c(n3C)CC(C)C=C4)=C(O)/C2=C\CO)=CC(OC)C1C. The molecule has 2 heterocycles. The lowest BCUT2D eigenvalue weighted by Crippen LogP contribution is -2.31. The number of nitrogens with zero attached hydrogens (tertiary/aromatic N) is 3. The lowest BCUT2D eigenvalue weighted by atomic mass is 9.95. The summed E-state index contributed by atoms with van der Waals surface area (Å²) in [5.41, 5.74) is 3.21. The van der Waals surface area contributed by atoms with Crippen molar-refractivity contribution in [2.75, 3.05) is 20.8 Å². The van der Waals surface area contributed by atoms with Crippen molar-refractivity contribution in [3.8, 4) is 0 Å². The third-order valence-electron chi connectivity index (χ3n) is 6.36. The van der Waals surface area contributed by atoms with E-state index in [-0.39, 0.29) is 30.2 Å². The third kappa shape index (κ3) is 3.40. The maximum atomic E-state index is 11.2. The van der Waals surface area contributed by atoms with Gasteiger partial charge in [-0.15, -0.1) is 0 Å². The van der Waals surface area contributed by atoms with Crippen LogP contribution in [0.5, 0.6) is 0 Å². The van der Waals surface area contributed by atoms with Gasteiger partial charge < -0.3 is 24.3 Å². The van der Waals surface area contributed by atoms with E-state index in [1.165, 1.54) is 6.08 Å². The summed E-state index contributed by atoms with van der Waals surface area (Å²) in [6, 6.07) is 0. The number of amidine groups is 1. The Hall–Kier alpha value is -3.10. The molecule has 0 radical (unpaired) electrons. The van der Waals surface area contributed by atoms with Crippen LogP contribution in [0.3, 0.4) is 0 Å². The third-order valence-corrected chi connectivity index (χ3v) is 6.36. The zero-order valence-corrected chi connectivity index (χ0v) is 19.1. The number of hydrogen-bond acceptors (Lipinski definition) is 6. The topological polar surface area (TPSA) is 104 Å². The van der Waals surface area contributed by atoms with Crippen molar-refractivity contribution in [2.24, 2.45) is 18.9 Å². The molecule has 0 saturated heterocycles. The van der Waals surface area contributed by atoms with Crippen LogP contribution < -0.4 is 0 Å². The van der Waals surface area contributed by atoms with Gasteiger partial charge in [-0.25, -0.2) is 4.98 Å². The molecular weight excluding hydrogens is 408 g/mol. The molecule has 32 heavy (non-hydrogen) atoms. The molecule has 4 rings (SSSR count). The number of allylic oxidation sites excluding steroid dienone is 2. The van der Waals surface area contributed by atoms with Gasteiger partial charge in [0.05, 0.1) is 31.2 Å². The highest BCUT2D eigenvalue weighted by Gasteiger charge is 2.39. The second kappa shape index (κ2) is 8.44. The first-order valence-electron chi connectivity index (χ1n) is 10.7. The van der Waals surface area contributed by atoms with E-state index >= 15 is 0 Å². The van der Waals surface area contributed by atoms with Crippen molar-refractivity contribution in [2.45, 2.75) is 26.4 Å². The number of rotatable bonds is 5. The minimum atomic E-state index is -0.286. The summed E-state index contributed by atoms with van der Waals surface area (Å²) >= 11 is 0. The van der Waals surface area contributed by atoms with Crippen LogP contribution in [0.15, 0.2) is 47.2 Å². The summed E-state index contributed by atoms with van der Waals surface area (Å²) < 4.78 is 13.1. The molecule has 8 nitrogen and oxygen atoms in total. The Labute approximate surface area is 188 Å². The number of aliphatic hydroxyl groups excluding tert-OH is 2. The van der Waals surface area contributed by atoms with Crippen molar-refractivity contribution in [1.82, 2.24) is 14.5 Å². The number of imidazole rings is 1. The molecule has 1 aliphatic heterocycles. The van der Waals surface area contributed by atoms with Crippen LogP contribution in [0.4, 0.5) is 0 Å². The Bertz CT molecular complexity index is 1110. The van der Waals surface area contributed by atoms with Gasteiger partial charge in [-0.2, -0.15) is 0 Å². The van der Waals surface area contributed by atoms with Crippen LogP contribution in [0, 0.1) is 17.2 Å². The second-order valence-corrected chi connectivity index (χ2v) is 8.38. The Balaban J connectivity index is 1.82. The van der Waals surface area contributed by atoms with E-state index in [4.69, 9.17) is 19.9 Å². The van der Waals surface area contributed by atoms with Gasteiger partial charge in [0.1, 0.15) is 23.0 Å². The Morgan fingerprint density at radius 2 is 2.06 bits per heavy atom. The molecule has 0 aromatic carbocycles. The van der Waals surface area contributed by atoms with Crippen LogP contribution >= 0.6 is 0 Å². The highest BCUT2D eigenvalue weighted by molar-refractivity contribution is 6.25. The molecule has 8 heteroatoms. The Morgan fingerprint density at radius 3 is 2.72 bits per heavy atom. The lowest BCUT2D eigenvalue weighted by molar-refractivity contribution is 0.0798. The predicted octanol–water partition coefficient (Wildman–Crippen LogP) is 3.14. The summed E-state index contributed by atoms with van der Waals surface area (Å²) in [5, 5.41) is 29.8. The van der Waals surface area contributed by atoms with Crippen LogP contribution in [0.25, 0.3) is 11.6 Å². The molecule has 0 bridgehead atoms. The smallest absolute Gasteiger partial charge is 0.154 e. The van der Waals surface area contributed by atoms with Crippen molar-refractivity contribution in [1.29, 1.82) is 5.41 Å². The van der Waals surface area contributed by atoms with E-state index in [0.717, 1.165) is 17.8 Å². The summed E-state index contributed by atoms with van der Waals surface area (Å²) in [6.45, 7) is 3.86. The van der Waals surface area contributed by atoms with Crippen molar-refractivity contribution in [3.05, 3.63) is 64.4 Å². The van der Waals surface area contributed by atoms with Crippen LogP contribution in [0.2, 0.25) is 0 Å². The fraction of sp³-hybridized carbons (Fsp3) is 0.417. The van der Waals surface area contributed by atoms with E-state index in [9.17, 15) is 10.2 Å². The van der Waals surface area contributed by atoms with E-state index in [2.05, 4.69) is 13.0 Å². The number of nitrogens with one attached hydrogen (secondary N) is 1. The van der Waals surface area contributed by atoms with Gasteiger partial charge in [-0.1, -0.05) is 19.9 Å². The van der Waals surface area contributed by atoms with Gasteiger partial charge in [-0.3, -0.25) is 10.3 Å². The number of methoxy groups -OCH3 is 2. The highest BCUT2D eigenvalue weighted by atomic mass is 16.5. The monoisotopic (exact) mass is 438 g/mol. The van der Waals surface area contributed by atoms with Gasteiger partial charge in [0, 0.05) is 37.5 Å². The number of aromatic nitrogens is 2. The first-order chi connectivity index (χ1) is 15.3. The van der Waals surface area contributed by atoms with E-state index in [0.29, 0.717) is 34.5 Å². The molecule has 2 aliphatic carbocycles. The first-order valence-corrected chi connectivity index (χ1v) is 10.7. The van der Waals surface area contributed by atoms with Gasteiger partial charge in [0.25, 0.3) is 0 Å². The molecule has 1 aromatic heterocycles. The summed E-state index contributed by atoms with van der Waals surface area (Å²) in [4.78, 5) is 6.33. The maximum Gasteiger partial charge on any atom is 0.154 e. The predicted molar refractivity (Wildman–Crippen MR) is 123 cm³/mol. The molecule has 3 atom stereocenters. The Kier molecular flexibility index (Phi) is 5.83. The van der Waals surface area contributed by atoms with Gasteiger partial charge >= 0.3 is 0 Å². The number of hydrogen-bond donors (Lipinski definition) is 3. The number of aliphatic hydroxyl groups is 2. The first kappa shape index (κ1) is 22.1. The minimum absolute atomic E-state index is 0.00637. The highest BCUT2D eigenvalue weighted by Crippen LogP contribution is 2.40. The van der Waals surface area contributed by atoms with E-state index in [1.54, 1.807) is 19.1 Å². The molecular formula is C24H30N4O4. The molecule has 0 fully saturated rings. The number of fused-ring (bicyclic) bond motifs is 1. The molecule has 3 N–H and O–H groups in total. The molecule has 3 unspecified atom stereocenters. The quantitative estimate of drug-likeness (QED) is 0.653. The normalized spacial score (nSPS) is 26.6. The molecule has 0 spiro atoms. The zero-order chi connectivity index (χ0) is 23.2. The van der Waals surface area contributed by atoms with E-state index in [1.807, 2.05) is 36.8 Å². The van der Waals surface area contributed by atoms with Crippen LogP contribution in [-0.2, 0) is 22.9 Å². The summed E-state index contributed by atoms with van der Waals surface area (Å²) in [6.07, 6.45) is 9.92. The van der Waals surface area contributed by atoms with Crippen molar-refractivity contribution < 1.29 is 19.7 Å². The average Bonchev–Trinajstić information content (AvgIpc) is 3.21. The number of ether oxygens (including phenoxy) is 2. The molecule has 170 valence electrons. The van der Waals surface area contributed by atoms with Crippen molar-refractivity contribution >= 4 is 17.5 Å². The second-order valence-electron chi connectivity index (χ2n) is 8.38. The fourth-order valence-corrected chi connectivity index (χ4v) is 4.57. The molecule has 3 aliphatic rings. The zero-order valence-electron chi connectivity index (χ0n) is 19.1. The van der Waals surface area contributed by atoms with Crippen LogP contribution in [0.1, 0.15) is 31.1 Å². The average molecular weight is 439 g/mol. The van der Waals surface area contributed by atoms with Crippen molar-refractivity contribution in [3.63, 3.8) is 0 Å². The van der Waals surface area contributed by atoms with Gasteiger partial charge in [-0.05, 0) is 30.6 Å². The summed E-state index contributed by atoms with van der Waals surface area (Å²) in [5.74, 6) is 1.62. The largest absolute Gasteiger partial charge is 0.505 e. The van der Waals surface area contributed by atoms with Gasteiger partial charge in [0.15, 0.2) is 5.76 Å². The summed E-state index contributed by atoms with van der Waals surface area (Å²) in [7, 11) is 5.14. The molecule has 0 amide bonds. The standard InChI is InChI=1S/C24H30N4O4/c1-13-6-7-16-18(10-13)27(3)24(26-16)21-22(30)17(8-9-29)28(23(21)25)15-11-19(31-4)14(2)20(12-15)32-5/h6-8,11-14,19,25,29-30H,9-10H2,1-5H3/b17-8+,25-23?. The molecule has 0 saturated carbocycles. The van der Waals surface area contributed by atoms with Crippen LogP contribution in [-0.4, -0.2) is 57.4 Å². The minimum Gasteiger partial charge on any atom is -0.505 e. The van der Waals surface area contributed by atoms with Gasteiger partial charge in [0.2, 0.25) is 0 Å². The Morgan fingerprint density at radius 1 is 1.31 bits per heavy atom. The lowest BCUT2D eigenvalue weighted by Gasteiger charge is -2.31. The molecule has 1 aromatic rings. The van der Waals surface area contributed by atoms with E-state index < -0.39 is 0 Å². The maximum absolute atomic E-state index is 11.2. The fourth-order valence-electron chi connectivity index (χ4n) is 4.57.